The topological polar surface area (TPSA) is 115 Å². The van der Waals surface area contributed by atoms with Crippen LogP contribution in [0.1, 0.15) is 16.9 Å². The molecule has 2 N–H and O–H groups in total. The lowest BCUT2D eigenvalue weighted by atomic mass is 10.0. The van der Waals surface area contributed by atoms with Gasteiger partial charge in [-0.2, -0.15) is 0 Å². The van der Waals surface area contributed by atoms with Crippen LogP contribution in [0, 0.1) is 6.92 Å². The molecule has 0 spiro atoms. The number of fused-ring (bicyclic) bond motifs is 1. The fourth-order valence-corrected chi connectivity index (χ4v) is 5.89. The van der Waals surface area contributed by atoms with Crippen molar-refractivity contribution in [3.8, 4) is 16.9 Å². The largest absolute Gasteiger partial charge is 0.487 e. The Balaban J connectivity index is 1.59. The number of carboxylic acid groups (broad SMARTS) is 1. The van der Waals surface area contributed by atoms with E-state index in [1.54, 1.807) is 25.4 Å². The maximum absolute atomic E-state index is 12.5. The van der Waals surface area contributed by atoms with Gasteiger partial charge in [0.25, 0.3) is 5.56 Å². The molecular formula is C25H23ClN4O5S. The van der Waals surface area contributed by atoms with E-state index in [-0.39, 0.29) is 12.1 Å². The van der Waals surface area contributed by atoms with Crippen molar-refractivity contribution < 1.29 is 14.6 Å². The highest BCUT2D eigenvalue weighted by Gasteiger charge is 2.35. The molecule has 3 aromatic heterocycles. The minimum Gasteiger partial charge on any atom is -0.487 e. The van der Waals surface area contributed by atoms with Crippen molar-refractivity contribution in [2.45, 2.75) is 32.0 Å². The second-order valence-electron chi connectivity index (χ2n) is 8.73. The average Bonchev–Trinajstić information content (AvgIpc) is 3.47. The maximum atomic E-state index is 12.5. The van der Waals surface area contributed by atoms with E-state index in [1.807, 2.05) is 19.1 Å². The van der Waals surface area contributed by atoms with E-state index in [1.165, 1.54) is 32.7 Å². The molecule has 0 bridgehead atoms. The van der Waals surface area contributed by atoms with Crippen LogP contribution in [0.15, 0.2) is 52.3 Å². The number of carbonyl (C=O) groups is 1. The van der Waals surface area contributed by atoms with Crippen molar-refractivity contribution in [2.75, 3.05) is 6.54 Å². The van der Waals surface area contributed by atoms with Crippen molar-refractivity contribution >= 4 is 39.1 Å². The third-order valence-electron chi connectivity index (χ3n) is 6.25. The summed E-state index contributed by atoms with van der Waals surface area (Å²) in [6.45, 7) is 2.55. The van der Waals surface area contributed by atoms with E-state index < -0.39 is 23.8 Å². The van der Waals surface area contributed by atoms with E-state index in [2.05, 4.69) is 10.3 Å². The van der Waals surface area contributed by atoms with Gasteiger partial charge in [-0.3, -0.25) is 19.1 Å². The van der Waals surface area contributed by atoms with Gasteiger partial charge in [-0.05, 0) is 49.7 Å². The van der Waals surface area contributed by atoms with Crippen LogP contribution in [0.5, 0.6) is 5.75 Å². The molecule has 0 aliphatic carbocycles. The minimum atomic E-state index is -0.956. The summed E-state index contributed by atoms with van der Waals surface area (Å²) in [5.41, 5.74) is 2.28. The number of nitrogens with one attached hydrogen (secondary N) is 1. The summed E-state index contributed by atoms with van der Waals surface area (Å²) in [5, 5.41) is 13.1. The Bertz CT molecular complexity index is 1610. The lowest BCUT2D eigenvalue weighted by Crippen LogP contribution is -2.41. The van der Waals surface area contributed by atoms with E-state index >= 15 is 0 Å². The van der Waals surface area contributed by atoms with Gasteiger partial charge in [0.1, 0.15) is 17.9 Å². The van der Waals surface area contributed by atoms with E-state index in [0.717, 1.165) is 26.3 Å². The molecule has 4 heterocycles. The lowest BCUT2D eigenvalue weighted by molar-refractivity contribution is -0.140. The number of benzene rings is 1. The quantitative estimate of drug-likeness (QED) is 0.397. The maximum Gasteiger partial charge on any atom is 0.331 e. The Morgan fingerprint density at radius 1 is 1.28 bits per heavy atom. The fourth-order valence-electron chi connectivity index (χ4n) is 4.48. The Hall–Kier alpha value is -3.47. The number of halogens is 1. The molecule has 1 aliphatic rings. The number of pyridine rings is 1. The van der Waals surface area contributed by atoms with Crippen molar-refractivity contribution in [2.24, 2.45) is 7.05 Å². The number of ether oxygens (including phenoxy) is 1. The van der Waals surface area contributed by atoms with E-state index in [4.69, 9.17) is 16.3 Å². The molecule has 0 radical (unpaired) electrons. The van der Waals surface area contributed by atoms with Crippen LogP contribution < -0.4 is 21.3 Å². The number of hydrogen-bond acceptors (Lipinski definition) is 7. The Labute approximate surface area is 214 Å². The Kier molecular flexibility index (Phi) is 6.42. The number of carboxylic acids is 1. The third kappa shape index (κ3) is 4.43. The van der Waals surface area contributed by atoms with Crippen molar-refractivity contribution in [1.82, 2.24) is 19.4 Å². The summed E-state index contributed by atoms with van der Waals surface area (Å²) in [6.07, 6.45) is 3.16. The summed E-state index contributed by atoms with van der Waals surface area (Å²) < 4.78 is 9.70. The summed E-state index contributed by atoms with van der Waals surface area (Å²) >= 11 is 7.86. The molecule has 1 fully saturated rings. The second-order valence-corrected chi connectivity index (χ2v) is 10.3. The number of rotatable bonds is 6. The first kappa shape index (κ1) is 24.2. The molecule has 0 amide bonds. The molecule has 9 nitrogen and oxygen atoms in total. The molecule has 1 saturated heterocycles. The fraction of sp³-hybridized carbons (Fsp3) is 0.280. The van der Waals surface area contributed by atoms with Crippen molar-refractivity contribution in [3.05, 3.63) is 79.0 Å². The highest BCUT2D eigenvalue weighted by molar-refractivity contribution is 7.19. The van der Waals surface area contributed by atoms with Crippen LogP contribution in [-0.4, -0.2) is 43.9 Å². The summed E-state index contributed by atoms with van der Waals surface area (Å²) in [7, 11) is 1.60. The standard InChI is InChI=1S/C25H23ClN4O5S/c1-13-9-14(26)10-17(22(13)35-19-4-7-28-21(19)24(32)33)16-3-6-27-18-11-15(36-23(16)18)12-30-20(31)5-8-29(2)25(30)34/h3,5-6,8-11,19,21,28H,4,7,12H2,1-2H3,(H,32,33)/t19-,21-/m1/s1. The number of aromatic nitrogens is 3. The van der Waals surface area contributed by atoms with E-state index in [9.17, 15) is 19.5 Å². The van der Waals surface area contributed by atoms with Crippen LogP contribution in [0.25, 0.3) is 21.3 Å². The highest BCUT2D eigenvalue weighted by atomic mass is 35.5. The van der Waals surface area contributed by atoms with Crippen LogP contribution in [0.4, 0.5) is 0 Å². The number of thiophene rings is 1. The SMILES string of the molecule is Cc1cc(Cl)cc(-c2ccnc3cc(Cn4c(=O)ccn(C)c4=O)sc23)c1O[C@@H]1CCN[C@H]1C(=O)O. The summed E-state index contributed by atoms with van der Waals surface area (Å²) in [5.74, 6) is -0.392. The summed E-state index contributed by atoms with van der Waals surface area (Å²) in [6, 6.07) is 7.86. The van der Waals surface area contributed by atoms with Crippen molar-refractivity contribution in [1.29, 1.82) is 0 Å². The molecule has 1 aromatic carbocycles. The zero-order valence-electron chi connectivity index (χ0n) is 19.5. The molecule has 11 heteroatoms. The van der Waals surface area contributed by atoms with Gasteiger partial charge in [-0.15, -0.1) is 11.3 Å². The molecule has 36 heavy (non-hydrogen) atoms. The molecule has 4 aromatic rings. The third-order valence-corrected chi connectivity index (χ3v) is 7.61. The molecule has 1 aliphatic heterocycles. The van der Waals surface area contributed by atoms with Gasteiger partial charge in [-0.1, -0.05) is 11.6 Å². The Morgan fingerprint density at radius 3 is 2.86 bits per heavy atom. The molecule has 5 rings (SSSR count). The molecule has 186 valence electrons. The van der Waals surface area contributed by atoms with Crippen LogP contribution in [0.2, 0.25) is 5.02 Å². The first-order valence-electron chi connectivity index (χ1n) is 11.3. The van der Waals surface area contributed by atoms with Crippen LogP contribution >= 0.6 is 22.9 Å². The first-order valence-corrected chi connectivity index (χ1v) is 12.5. The zero-order valence-corrected chi connectivity index (χ0v) is 21.1. The van der Waals surface area contributed by atoms with Crippen molar-refractivity contribution in [3.63, 3.8) is 0 Å². The molecule has 0 unspecified atom stereocenters. The highest BCUT2D eigenvalue weighted by Crippen LogP contribution is 2.42. The summed E-state index contributed by atoms with van der Waals surface area (Å²) in [4.78, 5) is 41.8. The normalized spacial score (nSPS) is 17.5. The van der Waals surface area contributed by atoms with Gasteiger partial charge in [0.15, 0.2) is 0 Å². The molecule has 0 saturated carbocycles. The van der Waals surface area contributed by atoms with Gasteiger partial charge < -0.3 is 19.7 Å². The smallest absolute Gasteiger partial charge is 0.331 e. The van der Waals surface area contributed by atoms with Crippen LogP contribution in [-0.2, 0) is 18.4 Å². The van der Waals surface area contributed by atoms with Gasteiger partial charge in [0, 0.05) is 46.5 Å². The van der Waals surface area contributed by atoms with Gasteiger partial charge >= 0.3 is 11.7 Å². The molecular weight excluding hydrogens is 504 g/mol. The predicted octanol–water partition coefficient (Wildman–Crippen LogP) is 3.03. The Morgan fingerprint density at radius 2 is 2.08 bits per heavy atom. The monoisotopic (exact) mass is 526 g/mol. The van der Waals surface area contributed by atoms with Gasteiger partial charge in [0.2, 0.25) is 0 Å². The van der Waals surface area contributed by atoms with Gasteiger partial charge in [0.05, 0.1) is 16.8 Å². The average molecular weight is 527 g/mol. The molecule has 2 atom stereocenters. The minimum absolute atomic E-state index is 0.124. The van der Waals surface area contributed by atoms with Gasteiger partial charge in [-0.25, -0.2) is 4.79 Å². The zero-order chi connectivity index (χ0) is 25.6. The first-order chi connectivity index (χ1) is 17.2. The number of hydrogen-bond donors (Lipinski definition) is 2. The second kappa shape index (κ2) is 9.53. The number of aliphatic carboxylic acids is 1. The number of nitrogens with zero attached hydrogens (tertiary/aromatic N) is 3. The van der Waals surface area contributed by atoms with Crippen LogP contribution in [0.3, 0.4) is 0 Å². The predicted molar refractivity (Wildman–Crippen MR) is 138 cm³/mol. The number of aryl methyl sites for hydroxylation is 2. The lowest BCUT2D eigenvalue weighted by Gasteiger charge is -2.22. The van der Waals surface area contributed by atoms with E-state index in [0.29, 0.717) is 29.3 Å².